The van der Waals surface area contributed by atoms with Gasteiger partial charge in [-0.1, -0.05) is 19.3 Å². The molecule has 2 fully saturated rings. The van der Waals surface area contributed by atoms with E-state index in [9.17, 15) is 27.8 Å². The van der Waals surface area contributed by atoms with Crippen molar-refractivity contribution in [3.05, 3.63) is 59.2 Å². The summed E-state index contributed by atoms with van der Waals surface area (Å²) in [6.45, 7) is 3.20. The van der Waals surface area contributed by atoms with Crippen LogP contribution in [-0.2, 0) is 6.42 Å². The molecule has 0 bridgehead atoms. The number of nitrogens with zero attached hydrogens (tertiary/aromatic N) is 1. The van der Waals surface area contributed by atoms with E-state index in [1.807, 2.05) is 6.92 Å². The quantitative estimate of drug-likeness (QED) is 0.192. The molecule has 1 heterocycles. The van der Waals surface area contributed by atoms with E-state index in [-0.39, 0.29) is 42.7 Å². The largest absolute Gasteiger partial charge is 0.390 e. The molecule has 1 saturated carbocycles. The van der Waals surface area contributed by atoms with Crippen molar-refractivity contribution in [2.45, 2.75) is 76.5 Å². The Bertz CT molecular complexity index is 1140. The molecule has 1 aliphatic heterocycles. The number of hydrogen-bond acceptors (Lipinski definition) is 7. The summed E-state index contributed by atoms with van der Waals surface area (Å²) in [5.74, 6) is -1.66. The zero-order valence-electron chi connectivity index (χ0n) is 23.5. The molecule has 0 unspecified atom stereocenters. The third-order valence-corrected chi connectivity index (χ3v) is 9.55. The van der Waals surface area contributed by atoms with Crippen molar-refractivity contribution in [3.8, 4) is 0 Å². The first kappa shape index (κ1) is 33.4. The topological polar surface area (TPSA) is 117 Å². The van der Waals surface area contributed by atoms with Gasteiger partial charge in [0.15, 0.2) is 0 Å². The van der Waals surface area contributed by atoms with Crippen molar-refractivity contribution >= 4 is 40.5 Å². The summed E-state index contributed by atoms with van der Waals surface area (Å²) in [7, 11) is -3.00. The molecule has 12 heteroatoms. The maximum Gasteiger partial charge on any atom is 0.251 e. The number of carbonyl (C=O) groups is 1. The van der Waals surface area contributed by atoms with Gasteiger partial charge in [-0.05, 0) is 74.9 Å². The van der Waals surface area contributed by atoms with Crippen LogP contribution in [-0.4, -0.2) is 63.7 Å². The van der Waals surface area contributed by atoms with Crippen LogP contribution < -0.4 is 20.3 Å². The number of hydrogen-bond donors (Lipinski definition) is 6. The predicted octanol–water partition coefficient (Wildman–Crippen LogP) is 5.71. The van der Waals surface area contributed by atoms with Gasteiger partial charge in [-0.3, -0.25) is 18.2 Å². The fourth-order valence-electron chi connectivity index (χ4n) is 5.55. The first-order valence-electron chi connectivity index (χ1n) is 14.2. The minimum absolute atomic E-state index is 0. The van der Waals surface area contributed by atoms with Crippen molar-refractivity contribution in [3.63, 3.8) is 0 Å². The fraction of sp³-hybridized carbons (Fsp3) is 0.552. The molecule has 0 radical (unpaired) electrons. The summed E-state index contributed by atoms with van der Waals surface area (Å²) in [5, 5.41) is 20.6. The number of rotatable bonds is 11. The second-order valence-corrected chi connectivity index (χ2v) is 12.9. The van der Waals surface area contributed by atoms with Gasteiger partial charge in [-0.15, -0.1) is 23.2 Å². The van der Waals surface area contributed by atoms with Crippen molar-refractivity contribution < 1.29 is 27.8 Å². The van der Waals surface area contributed by atoms with Crippen LogP contribution in [0.5, 0.6) is 0 Å². The zero-order chi connectivity index (χ0) is 28.7. The SMILES string of the molecule is CCNc1cc(C(=O)N[C@@H](Cc2cc(F)cc(F)c2)[C@@H](O)CNC2CCCCC2)cc(N2CCCCS2(O)O)c1.Cl. The number of benzene rings is 2. The van der Waals surface area contributed by atoms with E-state index in [1.54, 1.807) is 22.5 Å². The number of halogens is 3. The molecule has 2 aliphatic rings. The molecule has 1 amide bonds. The van der Waals surface area contributed by atoms with Crippen molar-refractivity contribution in [1.82, 2.24) is 10.6 Å². The lowest BCUT2D eigenvalue weighted by Gasteiger charge is -2.47. The van der Waals surface area contributed by atoms with E-state index in [2.05, 4.69) is 16.0 Å². The first-order chi connectivity index (χ1) is 19.1. The molecule has 41 heavy (non-hydrogen) atoms. The lowest BCUT2D eigenvalue weighted by Crippen LogP contribution is -2.50. The normalized spacial score (nSPS) is 19.5. The number of carbonyl (C=O) groups excluding carboxylic acids is 1. The van der Waals surface area contributed by atoms with Crippen LogP contribution in [0.2, 0.25) is 0 Å². The Hall–Kier alpha value is -2.15. The van der Waals surface area contributed by atoms with Crippen molar-refractivity contribution in [2.24, 2.45) is 0 Å². The molecule has 2 aromatic rings. The molecule has 230 valence electrons. The second-order valence-electron chi connectivity index (χ2n) is 10.8. The summed E-state index contributed by atoms with van der Waals surface area (Å²) in [6, 6.07) is 7.72. The molecule has 0 spiro atoms. The highest BCUT2D eigenvalue weighted by molar-refractivity contribution is 8.25. The Labute approximate surface area is 249 Å². The molecule has 4 rings (SSSR count). The molecular formula is C29H43ClF2N4O4S. The Balaban J connectivity index is 0.00000462. The average Bonchev–Trinajstić information content (AvgIpc) is 2.91. The Morgan fingerprint density at radius 1 is 1.02 bits per heavy atom. The average molecular weight is 617 g/mol. The number of anilines is 2. The second kappa shape index (κ2) is 15.4. The summed E-state index contributed by atoms with van der Waals surface area (Å²) in [4.78, 5) is 13.6. The van der Waals surface area contributed by atoms with E-state index in [0.717, 1.165) is 38.2 Å². The molecule has 1 aliphatic carbocycles. The zero-order valence-corrected chi connectivity index (χ0v) is 25.1. The number of amides is 1. The standard InChI is InChI=1S/C29H42F2N4O4S.ClH/c1-2-32-25-15-21(16-26(18-25)35-10-6-7-11-40(35,38)39)29(37)34-27(14-20-12-22(30)17-23(31)13-20)28(36)19-33-24-8-4-3-5-9-24;/h12-13,15-18,24,27-28,32-33,36,38-39H,2-11,14,19H2,1H3,(H,34,37);1H/t27-,28-;/m0./s1. The highest BCUT2D eigenvalue weighted by Gasteiger charge is 2.29. The molecule has 2 aromatic carbocycles. The third kappa shape index (κ3) is 9.42. The van der Waals surface area contributed by atoms with Crippen LogP contribution in [0, 0.1) is 11.6 Å². The van der Waals surface area contributed by atoms with Gasteiger partial charge in [-0.2, -0.15) is 0 Å². The lowest BCUT2D eigenvalue weighted by molar-refractivity contribution is 0.0821. The van der Waals surface area contributed by atoms with Crippen LogP contribution in [0.3, 0.4) is 0 Å². The minimum atomic E-state index is -3.00. The Morgan fingerprint density at radius 2 is 1.73 bits per heavy atom. The molecule has 6 N–H and O–H groups in total. The summed E-state index contributed by atoms with van der Waals surface area (Å²) >= 11 is 0. The molecule has 2 atom stereocenters. The van der Waals surface area contributed by atoms with Gasteiger partial charge in [0.05, 0.1) is 23.6 Å². The van der Waals surface area contributed by atoms with E-state index in [4.69, 9.17) is 0 Å². The number of nitrogens with one attached hydrogen (secondary N) is 3. The highest BCUT2D eigenvalue weighted by atomic mass is 35.5. The van der Waals surface area contributed by atoms with Crippen molar-refractivity contribution in [2.75, 3.05) is 35.0 Å². The molecule has 0 aromatic heterocycles. The van der Waals surface area contributed by atoms with Gasteiger partial charge in [0.25, 0.3) is 5.91 Å². The smallest absolute Gasteiger partial charge is 0.251 e. The van der Waals surface area contributed by atoms with Gasteiger partial charge in [0, 0.05) is 43.0 Å². The van der Waals surface area contributed by atoms with E-state index < -0.39 is 40.5 Å². The van der Waals surface area contributed by atoms with Crippen LogP contribution in [0.25, 0.3) is 0 Å². The van der Waals surface area contributed by atoms with Gasteiger partial charge in [0.1, 0.15) is 11.6 Å². The maximum absolute atomic E-state index is 13.9. The first-order valence-corrected chi connectivity index (χ1v) is 15.9. The minimum Gasteiger partial charge on any atom is -0.390 e. The van der Waals surface area contributed by atoms with E-state index in [0.29, 0.717) is 36.4 Å². The summed E-state index contributed by atoms with van der Waals surface area (Å²) < 4.78 is 50.8. The molecule has 8 nitrogen and oxygen atoms in total. The lowest BCUT2D eigenvalue weighted by atomic mass is 9.94. The monoisotopic (exact) mass is 616 g/mol. The van der Waals surface area contributed by atoms with Gasteiger partial charge in [0.2, 0.25) is 0 Å². The van der Waals surface area contributed by atoms with Gasteiger partial charge in [-0.25, -0.2) is 8.78 Å². The third-order valence-electron chi connectivity index (χ3n) is 7.61. The van der Waals surface area contributed by atoms with Crippen molar-refractivity contribution in [1.29, 1.82) is 0 Å². The summed E-state index contributed by atoms with van der Waals surface area (Å²) in [5.41, 5.74) is 1.77. The Morgan fingerprint density at radius 3 is 2.39 bits per heavy atom. The number of aliphatic hydroxyl groups is 1. The van der Waals surface area contributed by atoms with Crippen LogP contribution in [0.15, 0.2) is 36.4 Å². The molecular weight excluding hydrogens is 574 g/mol. The molecule has 1 saturated heterocycles. The van der Waals surface area contributed by atoms with Crippen LogP contribution in [0.1, 0.15) is 67.8 Å². The van der Waals surface area contributed by atoms with Gasteiger partial charge < -0.3 is 21.1 Å². The number of aliphatic hydroxyl groups excluding tert-OH is 1. The summed E-state index contributed by atoms with van der Waals surface area (Å²) in [6.07, 6.45) is 6.03. The Kier molecular flexibility index (Phi) is 12.5. The van der Waals surface area contributed by atoms with E-state index in [1.165, 1.54) is 18.6 Å². The van der Waals surface area contributed by atoms with Crippen LogP contribution in [0.4, 0.5) is 20.2 Å². The fourth-order valence-corrected chi connectivity index (χ4v) is 7.23. The van der Waals surface area contributed by atoms with Crippen LogP contribution >= 0.6 is 23.2 Å². The van der Waals surface area contributed by atoms with E-state index >= 15 is 0 Å². The van der Waals surface area contributed by atoms with Gasteiger partial charge >= 0.3 is 0 Å². The predicted molar refractivity (Wildman–Crippen MR) is 164 cm³/mol. The highest BCUT2D eigenvalue weighted by Crippen LogP contribution is 2.50. The maximum atomic E-state index is 13.9.